The molecular formula is C18H18N4O2S. The number of aryl methyl sites for hydroxylation is 2. The third-order valence-corrected chi connectivity index (χ3v) is 4.71. The fourth-order valence-electron chi connectivity index (χ4n) is 2.65. The SMILES string of the molecule is Cc1ccnc(NC(Cc2ncsc2C(=O)O)c2ncccc2C)c1. The zero-order valence-corrected chi connectivity index (χ0v) is 14.7. The molecule has 0 aromatic carbocycles. The topological polar surface area (TPSA) is 88.0 Å². The van der Waals surface area contributed by atoms with E-state index < -0.39 is 5.97 Å². The van der Waals surface area contributed by atoms with Crippen molar-refractivity contribution in [1.29, 1.82) is 0 Å². The summed E-state index contributed by atoms with van der Waals surface area (Å²) in [5, 5.41) is 12.7. The Hall–Kier alpha value is -2.80. The van der Waals surface area contributed by atoms with Gasteiger partial charge in [-0.3, -0.25) is 4.98 Å². The van der Waals surface area contributed by atoms with Gasteiger partial charge in [0, 0.05) is 18.8 Å². The minimum Gasteiger partial charge on any atom is -0.477 e. The Kier molecular flexibility index (Phi) is 5.04. The van der Waals surface area contributed by atoms with E-state index in [1.807, 2.05) is 38.1 Å². The van der Waals surface area contributed by atoms with Crippen LogP contribution in [0.25, 0.3) is 0 Å². The summed E-state index contributed by atoms with van der Waals surface area (Å²) in [6.45, 7) is 3.98. The Balaban J connectivity index is 1.95. The molecule has 3 rings (SSSR count). The molecule has 1 unspecified atom stereocenters. The van der Waals surface area contributed by atoms with Crippen LogP contribution in [-0.2, 0) is 6.42 Å². The minimum atomic E-state index is -0.956. The predicted octanol–water partition coefficient (Wildman–Crippen LogP) is 3.64. The van der Waals surface area contributed by atoms with Crippen molar-refractivity contribution in [3.05, 3.63) is 69.6 Å². The second-order valence-corrected chi connectivity index (χ2v) is 6.61. The van der Waals surface area contributed by atoms with Crippen LogP contribution in [0, 0.1) is 13.8 Å². The molecular weight excluding hydrogens is 336 g/mol. The average Bonchev–Trinajstić information content (AvgIpc) is 3.03. The van der Waals surface area contributed by atoms with Crippen LogP contribution < -0.4 is 5.32 Å². The Labute approximate surface area is 149 Å². The van der Waals surface area contributed by atoms with Gasteiger partial charge in [0.05, 0.1) is 22.9 Å². The summed E-state index contributed by atoms with van der Waals surface area (Å²) in [6.07, 6.45) is 3.89. The van der Waals surface area contributed by atoms with Gasteiger partial charge < -0.3 is 10.4 Å². The highest BCUT2D eigenvalue weighted by molar-refractivity contribution is 7.11. The maximum absolute atomic E-state index is 11.4. The van der Waals surface area contributed by atoms with Crippen LogP contribution in [-0.4, -0.2) is 26.0 Å². The lowest BCUT2D eigenvalue weighted by Gasteiger charge is -2.20. The van der Waals surface area contributed by atoms with Crippen molar-refractivity contribution in [2.75, 3.05) is 5.32 Å². The molecule has 0 saturated heterocycles. The summed E-state index contributed by atoms with van der Waals surface area (Å²) in [6, 6.07) is 7.52. The molecule has 3 heterocycles. The molecule has 0 bridgehead atoms. The monoisotopic (exact) mass is 354 g/mol. The van der Waals surface area contributed by atoms with E-state index in [-0.39, 0.29) is 10.9 Å². The van der Waals surface area contributed by atoms with Crippen molar-refractivity contribution >= 4 is 23.1 Å². The van der Waals surface area contributed by atoms with Gasteiger partial charge in [-0.1, -0.05) is 6.07 Å². The maximum Gasteiger partial charge on any atom is 0.347 e. The van der Waals surface area contributed by atoms with E-state index in [2.05, 4.69) is 20.3 Å². The number of nitrogens with zero attached hydrogens (tertiary/aromatic N) is 3. The highest BCUT2D eigenvalue weighted by Gasteiger charge is 2.22. The maximum atomic E-state index is 11.4. The first-order valence-electron chi connectivity index (χ1n) is 7.81. The summed E-state index contributed by atoms with van der Waals surface area (Å²) in [5.74, 6) is -0.232. The molecule has 0 spiro atoms. The Morgan fingerprint density at radius 2 is 2.08 bits per heavy atom. The molecule has 3 aromatic heterocycles. The fourth-order valence-corrected chi connectivity index (χ4v) is 3.31. The predicted molar refractivity (Wildman–Crippen MR) is 97.1 cm³/mol. The number of aromatic nitrogens is 3. The second-order valence-electron chi connectivity index (χ2n) is 5.76. The van der Waals surface area contributed by atoms with Crippen LogP contribution >= 0.6 is 11.3 Å². The Bertz CT molecular complexity index is 894. The van der Waals surface area contributed by atoms with E-state index in [1.54, 1.807) is 17.9 Å². The number of anilines is 1. The van der Waals surface area contributed by atoms with Crippen LogP contribution in [0.5, 0.6) is 0 Å². The normalized spacial score (nSPS) is 11.9. The molecule has 7 heteroatoms. The van der Waals surface area contributed by atoms with E-state index in [1.165, 1.54) is 0 Å². The number of nitrogens with one attached hydrogen (secondary N) is 1. The lowest BCUT2D eigenvalue weighted by atomic mass is 10.0. The van der Waals surface area contributed by atoms with E-state index >= 15 is 0 Å². The number of hydrogen-bond acceptors (Lipinski definition) is 6. The number of thiazole rings is 1. The smallest absolute Gasteiger partial charge is 0.347 e. The highest BCUT2D eigenvalue weighted by Crippen LogP contribution is 2.26. The summed E-state index contributed by atoms with van der Waals surface area (Å²) < 4.78 is 0. The molecule has 2 N–H and O–H groups in total. The molecule has 25 heavy (non-hydrogen) atoms. The standard InChI is InChI=1S/C18H18N4O2S/c1-11-5-7-19-15(8-11)22-13(16-12(2)4-3-6-20-16)9-14-17(18(23)24)25-10-21-14/h3-8,10,13H,9H2,1-2H3,(H,19,22)(H,23,24). The van der Waals surface area contributed by atoms with Crippen molar-refractivity contribution in [3.8, 4) is 0 Å². The lowest BCUT2D eigenvalue weighted by molar-refractivity contribution is 0.0700. The summed E-state index contributed by atoms with van der Waals surface area (Å²) in [5.41, 5.74) is 5.09. The van der Waals surface area contributed by atoms with E-state index in [0.29, 0.717) is 12.1 Å². The van der Waals surface area contributed by atoms with Gasteiger partial charge in [0.25, 0.3) is 0 Å². The van der Waals surface area contributed by atoms with Crippen LogP contribution in [0.1, 0.15) is 38.2 Å². The van der Waals surface area contributed by atoms with Gasteiger partial charge >= 0.3 is 5.97 Å². The van der Waals surface area contributed by atoms with Gasteiger partial charge in [0.15, 0.2) is 0 Å². The Morgan fingerprint density at radius 3 is 2.80 bits per heavy atom. The number of carboxylic acids is 1. The zero-order valence-electron chi connectivity index (χ0n) is 13.9. The first-order valence-corrected chi connectivity index (χ1v) is 8.69. The third-order valence-electron chi connectivity index (χ3n) is 3.85. The van der Waals surface area contributed by atoms with Gasteiger partial charge in [0.1, 0.15) is 10.7 Å². The first kappa shape index (κ1) is 17.0. The second kappa shape index (κ2) is 7.40. The fraction of sp³-hybridized carbons (Fsp3) is 0.222. The van der Waals surface area contributed by atoms with Crippen LogP contribution in [0.15, 0.2) is 42.2 Å². The number of hydrogen-bond donors (Lipinski definition) is 2. The van der Waals surface area contributed by atoms with Crippen molar-refractivity contribution < 1.29 is 9.90 Å². The Morgan fingerprint density at radius 1 is 1.24 bits per heavy atom. The van der Waals surface area contributed by atoms with E-state index in [4.69, 9.17) is 0 Å². The van der Waals surface area contributed by atoms with Crippen molar-refractivity contribution in [2.24, 2.45) is 0 Å². The number of carbonyl (C=O) groups is 1. The number of pyridine rings is 2. The summed E-state index contributed by atoms with van der Waals surface area (Å²) in [4.78, 5) is 24.7. The van der Waals surface area contributed by atoms with Crippen LogP contribution in [0.2, 0.25) is 0 Å². The van der Waals surface area contributed by atoms with Gasteiger partial charge in [-0.15, -0.1) is 11.3 Å². The van der Waals surface area contributed by atoms with Crippen molar-refractivity contribution in [3.63, 3.8) is 0 Å². The minimum absolute atomic E-state index is 0.226. The van der Waals surface area contributed by atoms with Gasteiger partial charge in [-0.25, -0.2) is 14.8 Å². The molecule has 0 radical (unpaired) electrons. The summed E-state index contributed by atoms with van der Waals surface area (Å²) in [7, 11) is 0. The quantitative estimate of drug-likeness (QED) is 0.702. The highest BCUT2D eigenvalue weighted by atomic mass is 32.1. The van der Waals surface area contributed by atoms with Crippen LogP contribution in [0.4, 0.5) is 5.82 Å². The molecule has 128 valence electrons. The average molecular weight is 354 g/mol. The third kappa shape index (κ3) is 4.00. The molecule has 0 amide bonds. The number of rotatable bonds is 6. The molecule has 0 aliphatic rings. The largest absolute Gasteiger partial charge is 0.477 e. The van der Waals surface area contributed by atoms with Crippen molar-refractivity contribution in [2.45, 2.75) is 26.3 Å². The molecule has 0 fully saturated rings. The lowest BCUT2D eigenvalue weighted by Crippen LogP contribution is -2.18. The number of aromatic carboxylic acids is 1. The zero-order chi connectivity index (χ0) is 17.8. The molecule has 3 aromatic rings. The molecule has 1 atom stereocenters. The molecule has 0 aliphatic heterocycles. The van der Waals surface area contributed by atoms with E-state index in [9.17, 15) is 9.90 Å². The molecule has 0 aliphatic carbocycles. The van der Waals surface area contributed by atoms with E-state index in [0.717, 1.165) is 34.0 Å². The number of carboxylic acid groups (broad SMARTS) is 1. The van der Waals surface area contributed by atoms with Crippen molar-refractivity contribution in [1.82, 2.24) is 15.0 Å². The van der Waals surface area contributed by atoms with Gasteiger partial charge in [0.2, 0.25) is 0 Å². The molecule has 0 saturated carbocycles. The summed E-state index contributed by atoms with van der Waals surface area (Å²) >= 11 is 1.13. The first-order chi connectivity index (χ1) is 12.0. The van der Waals surface area contributed by atoms with Gasteiger partial charge in [-0.2, -0.15) is 0 Å². The van der Waals surface area contributed by atoms with Gasteiger partial charge in [-0.05, 0) is 43.2 Å². The molecule has 6 nitrogen and oxygen atoms in total. The van der Waals surface area contributed by atoms with Crippen LogP contribution in [0.3, 0.4) is 0 Å².